The lowest BCUT2D eigenvalue weighted by Crippen LogP contribution is -2.33. The average Bonchev–Trinajstić information content (AvgIpc) is 3.02. The van der Waals surface area contributed by atoms with Crippen LogP contribution in [0, 0.1) is 6.92 Å². The van der Waals surface area contributed by atoms with Crippen molar-refractivity contribution in [2.24, 2.45) is 0 Å². The number of hydrogen-bond donors (Lipinski definition) is 2. The van der Waals surface area contributed by atoms with Crippen LogP contribution in [0.1, 0.15) is 31.7 Å². The molecule has 1 aromatic heterocycles. The monoisotopic (exact) mass is 368 g/mol. The number of aromatic amines is 1. The number of thioether (sulfide) groups is 1. The van der Waals surface area contributed by atoms with Crippen molar-refractivity contribution in [2.75, 3.05) is 5.75 Å². The molecule has 0 unspecified atom stereocenters. The summed E-state index contributed by atoms with van der Waals surface area (Å²) in [6, 6.07) is 5.65. The van der Waals surface area contributed by atoms with Crippen LogP contribution in [0.5, 0.6) is 5.75 Å². The SMILES string of the molecule is CC[C@@H](C)NC(=O)CSc1n[nH]c(COc2ccc(Cl)c(C)c2)n1. The average molecular weight is 369 g/mol. The Kier molecular flexibility index (Phi) is 6.93. The number of H-pyrrole nitrogens is 1. The third-order valence-electron chi connectivity index (χ3n) is 3.37. The van der Waals surface area contributed by atoms with E-state index >= 15 is 0 Å². The van der Waals surface area contributed by atoms with Gasteiger partial charge in [-0.3, -0.25) is 9.89 Å². The van der Waals surface area contributed by atoms with Crippen molar-refractivity contribution in [3.8, 4) is 5.75 Å². The number of carbonyl (C=O) groups excluding carboxylic acids is 1. The minimum absolute atomic E-state index is 0.0198. The Morgan fingerprint density at radius 3 is 3.00 bits per heavy atom. The van der Waals surface area contributed by atoms with Gasteiger partial charge in [0.2, 0.25) is 11.1 Å². The largest absolute Gasteiger partial charge is 0.486 e. The van der Waals surface area contributed by atoms with Gasteiger partial charge in [-0.15, -0.1) is 5.10 Å². The second kappa shape index (κ2) is 8.94. The molecule has 1 atom stereocenters. The van der Waals surface area contributed by atoms with E-state index in [1.54, 1.807) is 12.1 Å². The highest BCUT2D eigenvalue weighted by molar-refractivity contribution is 7.99. The van der Waals surface area contributed by atoms with Crippen LogP contribution in [0.2, 0.25) is 5.02 Å². The molecule has 1 heterocycles. The fourth-order valence-corrected chi connectivity index (χ4v) is 2.56. The van der Waals surface area contributed by atoms with Gasteiger partial charge in [-0.05, 0) is 44.0 Å². The summed E-state index contributed by atoms with van der Waals surface area (Å²) in [7, 11) is 0. The highest BCUT2D eigenvalue weighted by atomic mass is 35.5. The molecule has 2 aromatic rings. The molecule has 0 fully saturated rings. The molecule has 1 amide bonds. The van der Waals surface area contributed by atoms with E-state index in [4.69, 9.17) is 16.3 Å². The molecule has 6 nitrogen and oxygen atoms in total. The number of nitrogens with one attached hydrogen (secondary N) is 2. The molecule has 0 radical (unpaired) electrons. The van der Waals surface area contributed by atoms with Gasteiger partial charge in [-0.25, -0.2) is 4.98 Å². The van der Waals surface area contributed by atoms with Crippen molar-refractivity contribution in [1.29, 1.82) is 0 Å². The molecule has 2 rings (SSSR count). The summed E-state index contributed by atoms with van der Waals surface area (Å²) in [5, 5.41) is 11.0. The lowest BCUT2D eigenvalue weighted by atomic mass is 10.2. The van der Waals surface area contributed by atoms with Crippen LogP contribution >= 0.6 is 23.4 Å². The number of nitrogens with zero attached hydrogens (tertiary/aromatic N) is 2. The van der Waals surface area contributed by atoms with Gasteiger partial charge in [0.1, 0.15) is 12.4 Å². The number of amides is 1. The normalized spacial score (nSPS) is 12.0. The molecular formula is C16H21ClN4O2S. The number of aromatic nitrogens is 3. The number of carbonyl (C=O) groups is 1. The molecule has 8 heteroatoms. The van der Waals surface area contributed by atoms with E-state index in [1.807, 2.05) is 26.8 Å². The maximum Gasteiger partial charge on any atom is 0.230 e. The summed E-state index contributed by atoms with van der Waals surface area (Å²) in [5.74, 6) is 1.59. The predicted molar refractivity (Wildman–Crippen MR) is 95.5 cm³/mol. The molecule has 0 aliphatic carbocycles. The summed E-state index contributed by atoms with van der Waals surface area (Å²) in [6.07, 6.45) is 0.905. The first kappa shape index (κ1) is 18.6. The van der Waals surface area contributed by atoms with E-state index in [0.717, 1.165) is 17.7 Å². The first-order valence-corrected chi connectivity index (χ1v) is 9.06. The smallest absolute Gasteiger partial charge is 0.230 e. The van der Waals surface area contributed by atoms with Crippen molar-refractivity contribution in [2.45, 2.75) is 45.0 Å². The van der Waals surface area contributed by atoms with Crippen molar-refractivity contribution < 1.29 is 9.53 Å². The van der Waals surface area contributed by atoms with E-state index in [2.05, 4.69) is 20.5 Å². The minimum Gasteiger partial charge on any atom is -0.486 e. The molecule has 130 valence electrons. The third kappa shape index (κ3) is 5.72. The lowest BCUT2D eigenvalue weighted by Gasteiger charge is -2.09. The predicted octanol–water partition coefficient (Wildman–Crippen LogP) is 3.35. The molecule has 0 aliphatic heterocycles. The van der Waals surface area contributed by atoms with Crippen LogP contribution in [0.15, 0.2) is 23.4 Å². The van der Waals surface area contributed by atoms with Gasteiger partial charge in [0.05, 0.1) is 5.75 Å². The van der Waals surface area contributed by atoms with E-state index in [-0.39, 0.29) is 18.6 Å². The zero-order chi connectivity index (χ0) is 17.5. The van der Waals surface area contributed by atoms with Gasteiger partial charge in [0.15, 0.2) is 5.82 Å². The number of hydrogen-bond acceptors (Lipinski definition) is 5. The molecule has 0 bridgehead atoms. The number of benzene rings is 1. The van der Waals surface area contributed by atoms with E-state index in [1.165, 1.54) is 11.8 Å². The van der Waals surface area contributed by atoms with Gasteiger partial charge in [-0.1, -0.05) is 30.3 Å². The first-order chi connectivity index (χ1) is 11.5. The molecule has 2 N–H and O–H groups in total. The standard InChI is InChI=1S/C16H21ClN4O2S/c1-4-11(3)18-15(22)9-24-16-19-14(20-21-16)8-23-12-5-6-13(17)10(2)7-12/h5-7,11H,4,8-9H2,1-3H3,(H,18,22)(H,19,20,21)/t11-/m1/s1. The van der Waals surface area contributed by atoms with E-state index in [9.17, 15) is 4.79 Å². The second-order valence-corrected chi connectivity index (χ2v) is 6.78. The Morgan fingerprint density at radius 2 is 2.29 bits per heavy atom. The minimum atomic E-state index is -0.0198. The van der Waals surface area contributed by atoms with Crippen LogP contribution in [-0.4, -0.2) is 32.9 Å². The van der Waals surface area contributed by atoms with Gasteiger partial charge in [-0.2, -0.15) is 0 Å². The summed E-state index contributed by atoms with van der Waals surface area (Å²) >= 11 is 7.27. The number of ether oxygens (including phenoxy) is 1. The summed E-state index contributed by atoms with van der Waals surface area (Å²) < 4.78 is 5.65. The van der Waals surface area contributed by atoms with Gasteiger partial charge < -0.3 is 10.1 Å². The Balaban J connectivity index is 1.80. The lowest BCUT2D eigenvalue weighted by molar-refractivity contribution is -0.119. The molecular weight excluding hydrogens is 348 g/mol. The number of halogens is 1. The molecule has 1 aromatic carbocycles. The highest BCUT2D eigenvalue weighted by Gasteiger charge is 2.10. The number of aryl methyl sites for hydroxylation is 1. The Bertz CT molecular complexity index is 692. The fourth-order valence-electron chi connectivity index (χ4n) is 1.81. The van der Waals surface area contributed by atoms with Crippen LogP contribution in [0.4, 0.5) is 0 Å². The molecule has 0 saturated heterocycles. The van der Waals surface area contributed by atoms with Crippen molar-refractivity contribution >= 4 is 29.3 Å². The summed E-state index contributed by atoms with van der Waals surface area (Å²) in [5.41, 5.74) is 0.954. The molecule has 0 aliphatic rings. The van der Waals surface area contributed by atoms with Crippen LogP contribution in [-0.2, 0) is 11.4 Å². The Morgan fingerprint density at radius 1 is 1.50 bits per heavy atom. The zero-order valence-corrected chi connectivity index (χ0v) is 15.5. The Hall–Kier alpha value is -1.73. The first-order valence-electron chi connectivity index (χ1n) is 7.70. The van der Waals surface area contributed by atoms with E-state index in [0.29, 0.717) is 21.8 Å². The molecule has 0 spiro atoms. The van der Waals surface area contributed by atoms with Crippen LogP contribution in [0.3, 0.4) is 0 Å². The van der Waals surface area contributed by atoms with Crippen LogP contribution < -0.4 is 10.1 Å². The quantitative estimate of drug-likeness (QED) is 0.698. The topological polar surface area (TPSA) is 79.9 Å². The van der Waals surface area contributed by atoms with Gasteiger partial charge in [0.25, 0.3) is 0 Å². The van der Waals surface area contributed by atoms with Crippen molar-refractivity contribution in [1.82, 2.24) is 20.5 Å². The summed E-state index contributed by atoms with van der Waals surface area (Å²) in [4.78, 5) is 16.0. The fraction of sp³-hybridized carbons (Fsp3) is 0.438. The van der Waals surface area contributed by atoms with Gasteiger partial charge in [0, 0.05) is 11.1 Å². The maximum absolute atomic E-state index is 11.7. The zero-order valence-electron chi connectivity index (χ0n) is 13.9. The van der Waals surface area contributed by atoms with Crippen molar-refractivity contribution in [3.05, 3.63) is 34.6 Å². The Labute approximate surface area is 150 Å². The van der Waals surface area contributed by atoms with E-state index < -0.39 is 0 Å². The third-order valence-corrected chi connectivity index (χ3v) is 4.64. The highest BCUT2D eigenvalue weighted by Crippen LogP contribution is 2.21. The second-order valence-electron chi connectivity index (χ2n) is 5.43. The molecule has 0 saturated carbocycles. The van der Waals surface area contributed by atoms with Crippen LogP contribution in [0.25, 0.3) is 0 Å². The molecule has 24 heavy (non-hydrogen) atoms. The van der Waals surface area contributed by atoms with Gasteiger partial charge >= 0.3 is 0 Å². The maximum atomic E-state index is 11.7. The number of rotatable bonds is 8. The van der Waals surface area contributed by atoms with Crippen molar-refractivity contribution in [3.63, 3.8) is 0 Å². The summed E-state index contributed by atoms with van der Waals surface area (Å²) in [6.45, 7) is 6.20.